The SMILES string of the molecule is C=C(C)CNC(=O)c1cc[nH]c(=O)c1. The molecular weight excluding hydrogens is 180 g/mol. The van der Waals surface area contributed by atoms with Crippen molar-refractivity contribution in [3.8, 4) is 0 Å². The maximum absolute atomic E-state index is 11.4. The summed E-state index contributed by atoms with van der Waals surface area (Å²) in [7, 11) is 0. The molecule has 2 N–H and O–H groups in total. The number of H-pyrrole nitrogens is 1. The molecule has 0 atom stereocenters. The third-order valence-corrected chi connectivity index (χ3v) is 1.59. The normalized spacial score (nSPS) is 9.50. The van der Waals surface area contributed by atoms with Crippen LogP contribution in [0.2, 0.25) is 0 Å². The predicted molar refractivity (Wildman–Crippen MR) is 54.2 cm³/mol. The summed E-state index contributed by atoms with van der Waals surface area (Å²) in [5.74, 6) is -0.265. The van der Waals surface area contributed by atoms with E-state index in [4.69, 9.17) is 0 Å². The van der Waals surface area contributed by atoms with Gasteiger partial charge in [0.15, 0.2) is 0 Å². The average molecular weight is 192 g/mol. The van der Waals surface area contributed by atoms with E-state index in [1.54, 1.807) is 6.07 Å². The number of amides is 1. The number of pyridine rings is 1. The molecule has 0 unspecified atom stereocenters. The van der Waals surface area contributed by atoms with Crippen LogP contribution in [0.5, 0.6) is 0 Å². The maximum atomic E-state index is 11.4. The summed E-state index contributed by atoms with van der Waals surface area (Å²) in [5.41, 5.74) is 0.936. The quantitative estimate of drug-likeness (QED) is 0.692. The number of aromatic nitrogens is 1. The average Bonchev–Trinajstić information content (AvgIpc) is 2.14. The predicted octanol–water partition coefficient (Wildman–Crippen LogP) is 0.681. The van der Waals surface area contributed by atoms with Gasteiger partial charge in [-0.1, -0.05) is 12.2 Å². The molecule has 1 aromatic rings. The van der Waals surface area contributed by atoms with Crippen molar-refractivity contribution in [2.24, 2.45) is 0 Å². The van der Waals surface area contributed by atoms with Crippen molar-refractivity contribution in [3.05, 3.63) is 46.4 Å². The van der Waals surface area contributed by atoms with Crippen molar-refractivity contribution in [1.29, 1.82) is 0 Å². The summed E-state index contributed by atoms with van der Waals surface area (Å²) in [4.78, 5) is 24.7. The molecule has 0 aliphatic heterocycles. The molecule has 4 heteroatoms. The lowest BCUT2D eigenvalue weighted by Gasteiger charge is -2.03. The first-order valence-electron chi connectivity index (χ1n) is 4.21. The van der Waals surface area contributed by atoms with Crippen molar-refractivity contribution in [1.82, 2.24) is 10.3 Å². The van der Waals surface area contributed by atoms with E-state index >= 15 is 0 Å². The van der Waals surface area contributed by atoms with Crippen LogP contribution >= 0.6 is 0 Å². The Hall–Kier alpha value is -1.84. The Morgan fingerprint density at radius 1 is 1.64 bits per heavy atom. The van der Waals surface area contributed by atoms with E-state index in [-0.39, 0.29) is 11.5 Å². The van der Waals surface area contributed by atoms with E-state index < -0.39 is 0 Å². The third-order valence-electron chi connectivity index (χ3n) is 1.59. The van der Waals surface area contributed by atoms with Gasteiger partial charge in [0.25, 0.3) is 5.91 Å². The molecule has 1 aromatic heterocycles. The standard InChI is InChI=1S/C10H12N2O2/c1-7(2)6-12-10(14)8-3-4-11-9(13)5-8/h3-5H,1,6H2,2H3,(H,11,13)(H,12,14). The molecule has 1 heterocycles. The van der Waals surface area contributed by atoms with Gasteiger partial charge in [-0.05, 0) is 13.0 Å². The van der Waals surface area contributed by atoms with Crippen LogP contribution in [0.3, 0.4) is 0 Å². The number of carbonyl (C=O) groups excluding carboxylic acids is 1. The summed E-state index contributed by atoms with van der Waals surface area (Å²) < 4.78 is 0. The number of hydrogen-bond donors (Lipinski definition) is 2. The largest absolute Gasteiger partial charge is 0.348 e. The zero-order valence-corrected chi connectivity index (χ0v) is 7.96. The van der Waals surface area contributed by atoms with E-state index in [1.165, 1.54) is 12.3 Å². The molecule has 0 saturated carbocycles. The molecular formula is C10H12N2O2. The topological polar surface area (TPSA) is 62.0 Å². The number of carbonyl (C=O) groups is 1. The van der Waals surface area contributed by atoms with E-state index in [1.807, 2.05) is 6.92 Å². The fourth-order valence-electron chi connectivity index (χ4n) is 0.919. The summed E-state index contributed by atoms with van der Waals surface area (Å²) in [6, 6.07) is 2.81. The lowest BCUT2D eigenvalue weighted by atomic mass is 10.2. The second-order valence-corrected chi connectivity index (χ2v) is 3.08. The van der Waals surface area contributed by atoms with Crippen LogP contribution in [-0.4, -0.2) is 17.4 Å². The van der Waals surface area contributed by atoms with E-state index in [9.17, 15) is 9.59 Å². The summed E-state index contributed by atoms with van der Waals surface area (Å²) >= 11 is 0. The number of hydrogen-bond acceptors (Lipinski definition) is 2. The molecule has 4 nitrogen and oxygen atoms in total. The van der Waals surface area contributed by atoms with Gasteiger partial charge in [0.1, 0.15) is 0 Å². The molecule has 0 saturated heterocycles. The minimum Gasteiger partial charge on any atom is -0.348 e. The minimum absolute atomic E-state index is 0.265. The zero-order chi connectivity index (χ0) is 10.6. The van der Waals surface area contributed by atoms with Crippen molar-refractivity contribution in [3.63, 3.8) is 0 Å². The summed E-state index contributed by atoms with van der Waals surface area (Å²) in [6.07, 6.45) is 1.44. The smallest absolute Gasteiger partial charge is 0.251 e. The highest BCUT2D eigenvalue weighted by atomic mass is 16.2. The van der Waals surface area contributed by atoms with Crippen LogP contribution in [0.25, 0.3) is 0 Å². The van der Waals surface area contributed by atoms with Gasteiger partial charge in [0, 0.05) is 24.4 Å². The molecule has 0 aliphatic rings. The second kappa shape index (κ2) is 4.41. The third kappa shape index (κ3) is 2.90. The molecule has 0 spiro atoms. The fraction of sp³-hybridized carbons (Fsp3) is 0.200. The van der Waals surface area contributed by atoms with Crippen LogP contribution < -0.4 is 10.9 Å². The molecule has 1 amide bonds. The van der Waals surface area contributed by atoms with Gasteiger partial charge in [-0.15, -0.1) is 0 Å². The molecule has 0 aliphatic carbocycles. The molecule has 0 fully saturated rings. The number of nitrogens with one attached hydrogen (secondary N) is 2. The van der Waals surface area contributed by atoms with Crippen molar-refractivity contribution in [2.45, 2.75) is 6.92 Å². The number of aromatic amines is 1. The highest BCUT2D eigenvalue weighted by molar-refractivity contribution is 5.94. The highest BCUT2D eigenvalue weighted by Crippen LogP contribution is 1.93. The van der Waals surface area contributed by atoms with Crippen LogP contribution in [0.4, 0.5) is 0 Å². The van der Waals surface area contributed by atoms with Gasteiger partial charge in [0.2, 0.25) is 5.56 Å². The Kier molecular flexibility index (Phi) is 3.23. The van der Waals surface area contributed by atoms with Gasteiger partial charge in [-0.25, -0.2) is 0 Å². The van der Waals surface area contributed by atoms with Crippen molar-refractivity contribution in [2.75, 3.05) is 6.54 Å². The van der Waals surface area contributed by atoms with Gasteiger partial charge in [-0.3, -0.25) is 9.59 Å². The number of rotatable bonds is 3. The van der Waals surface area contributed by atoms with Crippen molar-refractivity contribution < 1.29 is 4.79 Å². The van der Waals surface area contributed by atoms with Gasteiger partial charge >= 0.3 is 0 Å². The second-order valence-electron chi connectivity index (χ2n) is 3.08. The summed E-state index contributed by atoms with van der Waals surface area (Å²) in [5, 5.41) is 2.63. The van der Waals surface area contributed by atoms with Gasteiger partial charge in [-0.2, -0.15) is 0 Å². The Bertz CT molecular complexity index is 407. The first kappa shape index (κ1) is 10.2. The Morgan fingerprint density at radius 3 is 2.93 bits per heavy atom. The highest BCUT2D eigenvalue weighted by Gasteiger charge is 2.04. The van der Waals surface area contributed by atoms with Gasteiger partial charge in [0.05, 0.1) is 0 Å². The lowest BCUT2D eigenvalue weighted by molar-refractivity contribution is 0.0957. The Morgan fingerprint density at radius 2 is 2.36 bits per heavy atom. The first-order chi connectivity index (χ1) is 6.59. The molecule has 1 rings (SSSR count). The maximum Gasteiger partial charge on any atom is 0.251 e. The first-order valence-corrected chi connectivity index (χ1v) is 4.21. The van der Waals surface area contributed by atoms with Crippen LogP contribution in [0.1, 0.15) is 17.3 Å². The molecule has 0 aromatic carbocycles. The Balaban J connectivity index is 2.70. The van der Waals surface area contributed by atoms with E-state index in [2.05, 4.69) is 16.9 Å². The van der Waals surface area contributed by atoms with Crippen molar-refractivity contribution >= 4 is 5.91 Å². The minimum atomic E-state index is -0.284. The molecule has 0 radical (unpaired) electrons. The van der Waals surface area contributed by atoms with Crippen LogP contribution in [0, 0.1) is 0 Å². The van der Waals surface area contributed by atoms with E-state index in [0.717, 1.165) is 5.57 Å². The van der Waals surface area contributed by atoms with Gasteiger partial charge < -0.3 is 10.3 Å². The Labute approximate surface area is 81.7 Å². The molecule has 0 bridgehead atoms. The fourth-order valence-corrected chi connectivity index (χ4v) is 0.919. The van der Waals surface area contributed by atoms with Crippen LogP contribution in [-0.2, 0) is 0 Å². The lowest BCUT2D eigenvalue weighted by Crippen LogP contribution is -2.25. The molecule has 74 valence electrons. The molecule has 14 heavy (non-hydrogen) atoms. The monoisotopic (exact) mass is 192 g/mol. The van der Waals surface area contributed by atoms with Crippen LogP contribution in [0.15, 0.2) is 35.3 Å². The summed E-state index contributed by atoms with van der Waals surface area (Å²) in [6.45, 7) is 5.90. The van der Waals surface area contributed by atoms with E-state index in [0.29, 0.717) is 12.1 Å². The zero-order valence-electron chi connectivity index (χ0n) is 7.96.